The van der Waals surface area contributed by atoms with E-state index in [1.54, 1.807) is 17.9 Å². The monoisotopic (exact) mass is 286 g/mol. The van der Waals surface area contributed by atoms with Gasteiger partial charge in [-0.1, -0.05) is 18.2 Å². The molecule has 1 N–H and O–H groups in total. The first-order chi connectivity index (χ1) is 10.1. The highest BCUT2D eigenvalue weighted by Crippen LogP contribution is 2.21. The van der Waals surface area contributed by atoms with Gasteiger partial charge in [0.2, 0.25) is 11.8 Å². The molecule has 1 fully saturated rings. The highest BCUT2D eigenvalue weighted by Gasteiger charge is 2.31. The normalized spacial score (nSPS) is 19.8. The summed E-state index contributed by atoms with van der Waals surface area (Å²) in [5.74, 6) is -0.937. The molecule has 108 valence electrons. The van der Waals surface area contributed by atoms with Crippen molar-refractivity contribution in [2.75, 3.05) is 13.1 Å². The van der Waals surface area contributed by atoms with Gasteiger partial charge in [0.05, 0.1) is 24.7 Å². The molecule has 0 spiro atoms. The molecular weight excluding hydrogens is 272 g/mol. The van der Waals surface area contributed by atoms with Crippen LogP contribution in [0.15, 0.2) is 34.9 Å². The van der Waals surface area contributed by atoms with Crippen LogP contribution in [0.25, 0.3) is 11.0 Å². The maximum absolute atomic E-state index is 12.4. The van der Waals surface area contributed by atoms with Gasteiger partial charge >= 0.3 is 0 Å². The Balaban J connectivity index is 1.83. The molecule has 6 nitrogen and oxygen atoms in total. The number of nitrogens with zero attached hydrogens (tertiary/aromatic N) is 1. The van der Waals surface area contributed by atoms with Crippen LogP contribution in [0.4, 0.5) is 0 Å². The third kappa shape index (κ3) is 2.45. The number of fused-ring (bicyclic) bond motifs is 1. The van der Waals surface area contributed by atoms with Crippen LogP contribution < -0.4 is 5.32 Å². The van der Waals surface area contributed by atoms with Crippen LogP contribution in [0.2, 0.25) is 0 Å². The minimum Gasteiger partial charge on any atom is -0.464 e. The molecule has 1 saturated heterocycles. The molecular formula is C15H14N2O4. The summed E-state index contributed by atoms with van der Waals surface area (Å²) in [5, 5.41) is 2.99. The van der Waals surface area contributed by atoms with Crippen LogP contribution in [0.3, 0.4) is 0 Å². The summed E-state index contributed by atoms with van der Waals surface area (Å²) in [7, 11) is 0. The largest absolute Gasteiger partial charge is 0.464 e. The first-order valence-electron chi connectivity index (χ1n) is 6.63. The van der Waals surface area contributed by atoms with Crippen molar-refractivity contribution in [3.63, 3.8) is 0 Å². The minimum absolute atomic E-state index is 0.00382. The zero-order valence-corrected chi connectivity index (χ0v) is 11.5. The molecule has 2 aromatic rings. The van der Waals surface area contributed by atoms with Crippen molar-refractivity contribution in [3.05, 3.63) is 36.1 Å². The number of ketones is 1. The lowest BCUT2D eigenvalue weighted by molar-refractivity contribution is -0.139. The molecule has 0 bridgehead atoms. The second-order valence-electron chi connectivity index (χ2n) is 5.06. The second-order valence-corrected chi connectivity index (χ2v) is 5.06. The van der Waals surface area contributed by atoms with Crippen LogP contribution in [-0.2, 0) is 9.59 Å². The van der Waals surface area contributed by atoms with E-state index in [1.165, 1.54) is 6.26 Å². The standard InChI is InChI=1S/C15H14N2O4/c1-9-15(20)16-14(19)7-17(9)6-12(18)11-8-21-13-5-3-2-4-10(11)13/h2-5,8-9H,6-7H2,1H3,(H,16,19,20). The average Bonchev–Trinajstić information content (AvgIpc) is 2.88. The number of nitrogens with one attached hydrogen (secondary N) is 1. The molecule has 2 amide bonds. The van der Waals surface area contributed by atoms with E-state index in [0.717, 1.165) is 5.39 Å². The van der Waals surface area contributed by atoms with E-state index in [9.17, 15) is 14.4 Å². The van der Waals surface area contributed by atoms with Crippen LogP contribution >= 0.6 is 0 Å². The number of rotatable bonds is 3. The van der Waals surface area contributed by atoms with Crippen LogP contribution in [0.5, 0.6) is 0 Å². The Morgan fingerprint density at radius 2 is 2.14 bits per heavy atom. The van der Waals surface area contributed by atoms with Gasteiger partial charge in [-0.3, -0.25) is 24.6 Å². The Kier molecular flexibility index (Phi) is 3.31. The molecule has 21 heavy (non-hydrogen) atoms. The Hall–Kier alpha value is -2.47. The molecule has 2 heterocycles. The van der Waals surface area contributed by atoms with Crippen molar-refractivity contribution in [3.8, 4) is 0 Å². The van der Waals surface area contributed by atoms with Crippen LogP contribution in [-0.4, -0.2) is 41.6 Å². The fourth-order valence-corrected chi connectivity index (χ4v) is 2.42. The molecule has 0 aliphatic carbocycles. The number of benzene rings is 1. The number of carbonyl (C=O) groups is 3. The van der Waals surface area contributed by atoms with E-state index >= 15 is 0 Å². The fraction of sp³-hybridized carbons (Fsp3) is 0.267. The number of para-hydroxylation sites is 1. The zero-order chi connectivity index (χ0) is 15.0. The van der Waals surface area contributed by atoms with Crippen molar-refractivity contribution in [2.45, 2.75) is 13.0 Å². The number of furan rings is 1. The smallest absolute Gasteiger partial charge is 0.243 e. The number of Topliss-reactive ketones (excluding diaryl/α,β-unsaturated/α-hetero) is 1. The van der Waals surface area contributed by atoms with Gasteiger partial charge in [0.15, 0.2) is 5.78 Å². The SMILES string of the molecule is CC1C(=O)NC(=O)CN1CC(=O)c1coc2ccccc12. The van der Waals surface area contributed by atoms with Crippen LogP contribution in [0.1, 0.15) is 17.3 Å². The number of hydrogen-bond acceptors (Lipinski definition) is 5. The highest BCUT2D eigenvalue weighted by molar-refractivity contribution is 6.09. The van der Waals surface area contributed by atoms with E-state index < -0.39 is 6.04 Å². The summed E-state index contributed by atoms with van der Waals surface area (Å²) in [6, 6.07) is 6.74. The van der Waals surface area contributed by atoms with Crippen molar-refractivity contribution >= 4 is 28.6 Å². The maximum Gasteiger partial charge on any atom is 0.243 e. The van der Waals surface area contributed by atoms with Crippen molar-refractivity contribution in [1.82, 2.24) is 10.2 Å². The number of amides is 2. The lowest BCUT2D eigenvalue weighted by Gasteiger charge is -2.30. The molecule has 1 aromatic carbocycles. The molecule has 0 saturated carbocycles. The van der Waals surface area contributed by atoms with E-state index in [4.69, 9.17) is 4.42 Å². The summed E-state index contributed by atoms with van der Waals surface area (Å²) in [4.78, 5) is 37.0. The van der Waals surface area contributed by atoms with E-state index in [-0.39, 0.29) is 30.7 Å². The molecule has 1 atom stereocenters. The van der Waals surface area contributed by atoms with Gasteiger partial charge in [0, 0.05) is 5.39 Å². The molecule has 1 aliphatic heterocycles. The van der Waals surface area contributed by atoms with Crippen molar-refractivity contribution in [1.29, 1.82) is 0 Å². The van der Waals surface area contributed by atoms with Gasteiger partial charge in [0.1, 0.15) is 11.8 Å². The number of imide groups is 1. The third-order valence-corrected chi connectivity index (χ3v) is 3.66. The fourth-order valence-electron chi connectivity index (χ4n) is 2.42. The summed E-state index contributed by atoms with van der Waals surface area (Å²) >= 11 is 0. The molecule has 3 rings (SSSR count). The highest BCUT2D eigenvalue weighted by atomic mass is 16.3. The summed E-state index contributed by atoms with van der Waals surface area (Å²) in [6.45, 7) is 1.71. The van der Waals surface area contributed by atoms with Gasteiger partial charge in [-0.15, -0.1) is 0 Å². The first-order valence-corrected chi connectivity index (χ1v) is 6.63. The molecule has 1 aromatic heterocycles. The topological polar surface area (TPSA) is 79.6 Å². The van der Waals surface area contributed by atoms with Crippen molar-refractivity contribution in [2.24, 2.45) is 0 Å². The molecule has 0 radical (unpaired) electrons. The van der Waals surface area contributed by atoms with E-state index in [0.29, 0.717) is 11.1 Å². The zero-order valence-electron chi connectivity index (χ0n) is 11.5. The molecule has 6 heteroatoms. The summed E-state index contributed by atoms with van der Waals surface area (Å²) in [6.07, 6.45) is 1.42. The van der Waals surface area contributed by atoms with Gasteiger partial charge in [-0.2, -0.15) is 0 Å². The summed E-state index contributed by atoms with van der Waals surface area (Å²) < 4.78 is 5.34. The predicted octanol–water partition coefficient (Wildman–Crippen LogP) is 0.962. The Morgan fingerprint density at radius 1 is 1.38 bits per heavy atom. The van der Waals surface area contributed by atoms with Gasteiger partial charge in [-0.05, 0) is 13.0 Å². The second kappa shape index (κ2) is 5.14. The van der Waals surface area contributed by atoms with Gasteiger partial charge in [0.25, 0.3) is 0 Å². The lowest BCUT2D eigenvalue weighted by Crippen LogP contribution is -2.57. The number of carbonyl (C=O) groups excluding carboxylic acids is 3. The Bertz CT molecular complexity index is 734. The Labute approximate surface area is 120 Å². The average molecular weight is 286 g/mol. The lowest BCUT2D eigenvalue weighted by atomic mass is 10.1. The third-order valence-electron chi connectivity index (χ3n) is 3.66. The number of piperazine rings is 1. The van der Waals surface area contributed by atoms with Gasteiger partial charge in [-0.25, -0.2) is 0 Å². The van der Waals surface area contributed by atoms with Crippen LogP contribution in [0, 0.1) is 0 Å². The maximum atomic E-state index is 12.4. The minimum atomic E-state index is -0.509. The first kappa shape index (κ1) is 13.5. The quantitative estimate of drug-likeness (QED) is 0.671. The predicted molar refractivity (Wildman–Crippen MR) is 74.7 cm³/mol. The summed E-state index contributed by atoms with van der Waals surface area (Å²) in [5.41, 5.74) is 1.11. The van der Waals surface area contributed by atoms with E-state index in [1.807, 2.05) is 18.2 Å². The molecule has 1 aliphatic rings. The van der Waals surface area contributed by atoms with Gasteiger partial charge < -0.3 is 4.42 Å². The number of hydrogen-bond donors (Lipinski definition) is 1. The van der Waals surface area contributed by atoms with E-state index in [2.05, 4.69) is 5.32 Å². The van der Waals surface area contributed by atoms with Crippen molar-refractivity contribution < 1.29 is 18.8 Å². The molecule has 1 unspecified atom stereocenters. The Morgan fingerprint density at radius 3 is 2.95 bits per heavy atom.